The van der Waals surface area contributed by atoms with Gasteiger partial charge in [-0.15, -0.1) is 5.92 Å². The van der Waals surface area contributed by atoms with Crippen molar-refractivity contribution in [2.45, 2.75) is 52.9 Å². The van der Waals surface area contributed by atoms with Crippen molar-refractivity contribution in [2.75, 3.05) is 25.0 Å². The van der Waals surface area contributed by atoms with E-state index in [0.29, 0.717) is 42.6 Å². The first-order chi connectivity index (χ1) is 16.9. The molecule has 5 rings (SSSR count). The van der Waals surface area contributed by atoms with E-state index in [1.54, 1.807) is 14.0 Å². The first kappa shape index (κ1) is 25.3. The molecule has 1 aromatic carbocycles. The number of fused-ring (bicyclic) bond motifs is 2. The van der Waals surface area contributed by atoms with Gasteiger partial charge in [-0.3, -0.25) is 18.5 Å². The van der Waals surface area contributed by atoms with Crippen LogP contribution < -0.4 is 21.9 Å². The van der Waals surface area contributed by atoms with Gasteiger partial charge in [0.05, 0.1) is 18.8 Å². The van der Waals surface area contributed by atoms with Gasteiger partial charge < -0.3 is 15.5 Å². The maximum Gasteiger partial charge on any atom is 0.332 e. The van der Waals surface area contributed by atoms with Crippen LogP contribution >= 0.6 is 0 Å². The van der Waals surface area contributed by atoms with E-state index < -0.39 is 11.2 Å². The zero-order valence-corrected chi connectivity index (χ0v) is 20.4. The molecule has 0 aliphatic carbocycles. The minimum atomic E-state index is -0.425. The van der Waals surface area contributed by atoms with E-state index >= 15 is 0 Å². The smallest absolute Gasteiger partial charge is 0.332 e. The summed E-state index contributed by atoms with van der Waals surface area (Å²) in [4.78, 5) is 40.7. The van der Waals surface area contributed by atoms with Crippen molar-refractivity contribution in [2.24, 2.45) is 17.8 Å². The summed E-state index contributed by atoms with van der Waals surface area (Å²) in [6.07, 6.45) is 1.90. The Balaban J connectivity index is 0.00000304. The minimum Gasteiger partial charge on any atom is -0.357 e. The predicted octanol–water partition coefficient (Wildman–Crippen LogP) is 1.66. The van der Waals surface area contributed by atoms with Crippen LogP contribution in [0.5, 0.6) is 0 Å². The van der Waals surface area contributed by atoms with E-state index in [2.05, 4.69) is 16.7 Å². The van der Waals surface area contributed by atoms with Crippen LogP contribution in [0.3, 0.4) is 0 Å². The number of aryl methyl sites for hydroxylation is 1. The molecule has 1 fully saturated rings. The fraction of sp³-hybridized carbons (Fsp3) is 0.462. The lowest BCUT2D eigenvalue weighted by Crippen LogP contribution is -2.44. The molecule has 190 valence electrons. The molecule has 36 heavy (non-hydrogen) atoms. The molecule has 0 amide bonds. The summed E-state index contributed by atoms with van der Waals surface area (Å²) in [6.45, 7) is 4.23. The van der Waals surface area contributed by atoms with Gasteiger partial charge in [0.25, 0.3) is 5.56 Å². The monoisotopic (exact) mass is 490 g/mol. The molecule has 0 saturated carbocycles. The van der Waals surface area contributed by atoms with Crippen LogP contribution in [0.1, 0.15) is 32.8 Å². The number of aliphatic imine (C=N–C) groups is 1. The van der Waals surface area contributed by atoms with Crippen LogP contribution in [0.2, 0.25) is 0 Å². The summed E-state index contributed by atoms with van der Waals surface area (Å²) in [5, 5.41) is 0. The second-order valence-electron chi connectivity index (χ2n) is 9.19. The lowest BCUT2D eigenvalue weighted by atomic mass is 10.1. The van der Waals surface area contributed by atoms with Crippen molar-refractivity contribution in [3.63, 3.8) is 0 Å². The number of hydrogen-bond donors (Lipinski definition) is 1. The van der Waals surface area contributed by atoms with Gasteiger partial charge in [0.1, 0.15) is 5.84 Å². The van der Waals surface area contributed by atoms with Crippen LogP contribution in [-0.2, 0) is 26.7 Å². The van der Waals surface area contributed by atoms with Crippen LogP contribution in [0.4, 0.5) is 11.6 Å². The number of aromatic nitrogens is 4. The molecule has 1 saturated heterocycles. The van der Waals surface area contributed by atoms with Gasteiger partial charge >= 0.3 is 5.69 Å². The predicted molar refractivity (Wildman–Crippen MR) is 144 cm³/mol. The normalized spacial score (nSPS) is 17.2. The average molecular weight is 491 g/mol. The standard InChI is InChI=1S/C25H30N8O2.CH4/c1-4-5-13-32-21-22(28-24(32)31-12-8-10-18(26)15-31)30(3)25(35)33(23(21)34)16-20-27-19-11-7-6-9-17(19)14-29(20)2;/h6-7,9,11,18H,8,10,12-16,26H2,1-3H3;1H4. The summed E-state index contributed by atoms with van der Waals surface area (Å²) in [5.41, 5.74) is 8.09. The number of para-hydroxylation sites is 1. The zero-order chi connectivity index (χ0) is 24.7. The van der Waals surface area contributed by atoms with Gasteiger partial charge in [0.15, 0.2) is 11.2 Å². The molecule has 1 atom stereocenters. The summed E-state index contributed by atoms with van der Waals surface area (Å²) in [7, 11) is 3.57. The molecule has 10 heteroatoms. The van der Waals surface area contributed by atoms with Gasteiger partial charge in [-0.1, -0.05) is 31.5 Å². The van der Waals surface area contributed by atoms with E-state index in [1.807, 2.05) is 40.8 Å². The molecule has 3 aromatic rings. The largest absolute Gasteiger partial charge is 0.357 e. The number of piperidine rings is 1. The molecular formula is C26H34N8O2. The Morgan fingerprint density at radius 1 is 1.17 bits per heavy atom. The van der Waals surface area contributed by atoms with Gasteiger partial charge in [-0.25, -0.2) is 9.79 Å². The van der Waals surface area contributed by atoms with Crippen molar-refractivity contribution >= 4 is 28.6 Å². The molecular weight excluding hydrogens is 456 g/mol. The van der Waals surface area contributed by atoms with Crippen molar-refractivity contribution < 1.29 is 0 Å². The lowest BCUT2D eigenvalue weighted by Gasteiger charge is -2.31. The molecule has 2 aromatic heterocycles. The molecule has 0 spiro atoms. The van der Waals surface area contributed by atoms with Crippen molar-refractivity contribution in [1.29, 1.82) is 0 Å². The van der Waals surface area contributed by atoms with E-state index in [-0.39, 0.29) is 20.0 Å². The maximum atomic E-state index is 13.8. The van der Waals surface area contributed by atoms with Crippen LogP contribution in [0.15, 0.2) is 38.8 Å². The number of amidine groups is 1. The Hall–Kier alpha value is -3.84. The Kier molecular flexibility index (Phi) is 7.04. The summed E-state index contributed by atoms with van der Waals surface area (Å²) in [6, 6.07) is 7.93. The van der Waals surface area contributed by atoms with Gasteiger partial charge in [-0.05, 0) is 31.4 Å². The van der Waals surface area contributed by atoms with Crippen molar-refractivity contribution in [3.8, 4) is 11.8 Å². The Morgan fingerprint density at radius 3 is 2.69 bits per heavy atom. The molecule has 1 unspecified atom stereocenters. The third kappa shape index (κ3) is 4.31. The van der Waals surface area contributed by atoms with Crippen molar-refractivity contribution in [1.82, 2.24) is 23.6 Å². The fourth-order valence-electron chi connectivity index (χ4n) is 4.86. The van der Waals surface area contributed by atoms with E-state index in [9.17, 15) is 9.59 Å². The highest BCUT2D eigenvalue weighted by atomic mass is 16.2. The number of likely N-dealkylation sites (N-methyl/N-ethyl adjacent to an activating group) is 1. The van der Waals surface area contributed by atoms with Crippen LogP contribution in [0.25, 0.3) is 11.2 Å². The van der Waals surface area contributed by atoms with Gasteiger partial charge in [-0.2, -0.15) is 4.98 Å². The number of nitrogens with zero attached hydrogens (tertiary/aromatic N) is 7. The molecule has 0 radical (unpaired) electrons. The first-order valence-electron chi connectivity index (χ1n) is 11.9. The van der Waals surface area contributed by atoms with E-state index in [4.69, 9.17) is 15.7 Å². The molecule has 2 aliphatic rings. The number of imidazole rings is 1. The number of hydrogen-bond acceptors (Lipinski definition) is 7. The van der Waals surface area contributed by atoms with Crippen LogP contribution in [-0.4, -0.2) is 55.6 Å². The van der Waals surface area contributed by atoms with Crippen LogP contribution in [0, 0.1) is 11.8 Å². The van der Waals surface area contributed by atoms with Gasteiger partial charge in [0, 0.05) is 39.8 Å². The fourth-order valence-corrected chi connectivity index (χ4v) is 4.86. The molecule has 2 aliphatic heterocycles. The van der Waals surface area contributed by atoms with Gasteiger partial charge in [0.2, 0.25) is 5.95 Å². The summed E-state index contributed by atoms with van der Waals surface area (Å²) < 4.78 is 4.51. The average Bonchev–Trinajstić information content (AvgIpc) is 3.24. The third-order valence-corrected chi connectivity index (χ3v) is 6.76. The highest BCUT2D eigenvalue weighted by Crippen LogP contribution is 2.26. The molecule has 10 nitrogen and oxygen atoms in total. The number of anilines is 1. The highest BCUT2D eigenvalue weighted by Gasteiger charge is 2.27. The Morgan fingerprint density at radius 2 is 1.94 bits per heavy atom. The SMILES string of the molecule is C.CC#CCn1c(N2CCCC(N)C2)nc2c1c(=O)n(CC1=Nc3ccccc3CN1C)c(=O)n2C. The second-order valence-corrected chi connectivity index (χ2v) is 9.19. The minimum absolute atomic E-state index is 0. The number of rotatable bonds is 4. The molecule has 0 bridgehead atoms. The topological polar surface area (TPSA) is 107 Å². The third-order valence-electron chi connectivity index (χ3n) is 6.76. The second kappa shape index (κ2) is 10.0. The number of benzene rings is 1. The quantitative estimate of drug-likeness (QED) is 0.558. The lowest BCUT2D eigenvalue weighted by molar-refractivity contribution is 0.469. The number of nitrogens with two attached hydrogens (primary N) is 1. The first-order valence-corrected chi connectivity index (χ1v) is 11.9. The Bertz CT molecular complexity index is 1500. The van der Waals surface area contributed by atoms with E-state index in [1.165, 1.54) is 9.13 Å². The zero-order valence-electron chi connectivity index (χ0n) is 20.4. The van der Waals surface area contributed by atoms with E-state index in [0.717, 1.165) is 30.6 Å². The van der Waals surface area contributed by atoms with Crippen molar-refractivity contribution in [3.05, 3.63) is 50.7 Å². The molecule has 4 heterocycles. The summed E-state index contributed by atoms with van der Waals surface area (Å²) in [5.74, 6) is 7.25. The summed E-state index contributed by atoms with van der Waals surface area (Å²) >= 11 is 0. The maximum absolute atomic E-state index is 13.8. The molecule has 2 N–H and O–H groups in total. The Labute approximate surface area is 210 Å². The highest BCUT2D eigenvalue weighted by molar-refractivity contribution is 5.87.